The minimum absolute atomic E-state index is 0.0651. The SMILES string of the molecule is CN1CCN(c2ccc(NC(=O)CNC(=O)CCOc3ccccc3)cc2)CC1. The van der Waals surface area contributed by atoms with Crippen molar-refractivity contribution in [2.24, 2.45) is 0 Å². The van der Waals surface area contributed by atoms with Crippen molar-refractivity contribution >= 4 is 23.2 Å². The second-order valence-corrected chi connectivity index (χ2v) is 7.07. The van der Waals surface area contributed by atoms with Crippen LogP contribution in [0.3, 0.4) is 0 Å². The number of piperazine rings is 1. The van der Waals surface area contributed by atoms with E-state index in [0.717, 1.165) is 43.3 Å². The average Bonchev–Trinajstić information content (AvgIpc) is 2.74. The van der Waals surface area contributed by atoms with Crippen molar-refractivity contribution in [3.8, 4) is 5.75 Å². The van der Waals surface area contributed by atoms with E-state index in [2.05, 4.69) is 27.5 Å². The highest BCUT2D eigenvalue weighted by molar-refractivity contribution is 5.94. The van der Waals surface area contributed by atoms with Gasteiger partial charge in [0.05, 0.1) is 19.6 Å². The number of benzene rings is 2. The summed E-state index contributed by atoms with van der Waals surface area (Å²) in [5, 5.41) is 5.42. The third-order valence-corrected chi connectivity index (χ3v) is 4.81. The molecule has 0 aromatic heterocycles. The van der Waals surface area contributed by atoms with Crippen molar-refractivity contribution < 1.29 is 14.3 Å². The van der Waals surface area contributed by atoms with Crippen molar-refractivity contribution in [3.05, 3.63) is 54.6 Å². The predicted molar refractivity (Wildman–Crippen MR) is 114 cm³/mol. The third-order valence-electron chi connectivity index (χ3n) is 4.81. The van der Waals surface area contributed by atoms with Crippen molar-refractivity contribution in [2.45, 2.75) is 6.42 Å². The van der Waals surface area contributed by atoms with Crippen LogP contribution in [-0.2, 0) is 9.59 Å². The molecule has 2 aromatic carbocycles. The smallest absolute Gasteiger partial charge is 0.243 e. The number of amides is 2. The van der Waals surface area contributed by atoms with Crippen molar-refractivity contribution in [2.75, 3.05) is 56.6 Å². The zero-order valence-corrected chi connectivity index (χ0v) is 16.8. The highest BCUT2D eigenvalue weighted by atomic mass is 16.5. The Kier molecular flexibility index (Phi) is 7.47. The molecular weight excluding hydrogens is 368 g/mol. The normalized spacial score (nSPS) is 14.3. The van der Waals surface area contributed by atoms with Gasteiger partial charge in [0.2, 0.25) is 11.8 Å². The summed E-state index contributed by atoms with van der Waals surface area (Å²) in [7, 11) is 2.13. The van der Waals surface area contributed by atoms with Gasteiger partial charge in [0, 0.05) is 37.6 Å². The van der Waals surface area contributed by atoms with Crippen molar-refractivity contribution in [1.29, 1.82) is 0 Å². The van der Waals surface area contributed by atoms with Crippen LogP contribution in [0.1, 0.15) is 6.42 Å². The van der Waals surface area contributed by atoms with Gasteiger partial charge in [-0.15, -0.1) is 0 Å². The van der Waals surface area contributed by atoms with Crippen LogP contribution in [0.15, 0.2) is 54.6 Å². The minimum Gasteiger partial charge on any atom is -0.493 e. The Morgan fingerprint density at radius 3 is 2.31 bits per heavy atom. The first-order valence-electron chi connectivity index (χ1n) is 9.88. The highest BCUT2D eigenvalue weighted by Gasteiger charge is 2.14. The summed E-state index contributed by atoms with van der Waals surface area (Å²) in [5.74, 6) is 0.245. The first-order valence-corrected chi connectivity index (χ1v) is 9.88. The van der Waals surface area contributed by atoms with Gasteiger partial charge in [0.15, 0.2) is 0 Å². The number of carbonyl (C=O) groups excluding carboxylic acids is 2. The molecule has 0 saturated carbocycles. The molecule has 7 heteroatoms. The summed E-state index contributed by atoms with van der Waals surface area (Å²) in [6.45, 7) is 4.31. The molecule has 0 atom stereocenters. The molecule has 1 aliphatic heterocycles. The average molecular weight is 396 g/mol. The Morgan fingerprint density at radius 1 is 0.931 bits per heavy atom. The summed E-state index contributed by atoms with van der Waals surface area (Å²) in [6, 6.07) is 17.1. The maximum Gasteiger partial charge on any atom is 0.243 e. The van der Waals surface area contributed by atoms with Gasteiger partial charge in [0.25, 0.3) is 0 Å². The Balaban J connectivity index is 1.35. The number of hydrogen-bond acceptors (Lipinski definition) is 5. The van der Waals surface area contributed by atoms with Crippen LogP contribution in [0.4, 0.5) is 11.4 Å². The molecule has 2 aromatic rings. The monoisotopic (exact) mass is 396 g/mol. The van der Waals surface area contributed by atoms with Gasteiger partial charge in [-0.25, -0.2) is 0 Å². The molecule has 2 N–H and O–H groups in total. The van der Waals surface area contributed by atoms with Crippen LogP contribution in [-0.4, -0.2) is 63.1 Å². The second kappa shape index (κ2) is 10.5. The maximum absolute atomic E-state index is 12.1. The molecule has 29 heavy (non-hydrogen) atoms. The number of ether oxygens (including phenoxy) is 1. The molecule has 0 radical (unpaired) electrons. The van der Waals surface area contributed by atoms with Gasteiger partial charge < -0.3 is 25.2 Å². The molecule has 0 bridgehead atoms. The Hall–Kier alpha value is -3.06. The Morgan fingerprint density at radius 2 is 1.62 bits per heavy atom. The van der Waals surface area contributed by atoms with E-state index in [-0.39, 0.29) is 31.4 Å². The van der Waals surface area contributed by atoms with Crippen LogP contribution in [0.25, 0.3) is 0 Å². The molecule has 2 amide bonds. The number of rotatable bonds is 8. The largest absolute Gasteiger partial charge is 0.493 e. The lowest BCUT2D eigenvalue weighted by Crippen LogP contribution is -2.44. The van der Waals surface area contributed by atoms with Crippen molar-refractivity contribution in [3.63, 3.8) is 0 Å². The quantitative estimate of drug-likeness (QED) is 0.714. The molecule has 0 spiro atoms. The third kappa shape index (κ3) is 6.80. The summed E-state index contributed by atoms with van der Waals surface area (Å²) < 4.78 is 5.48. The van der Waals surface area contributed by atoms with Gasteiger partial charge in [-0.3, -0.25) is 9.59 Å². The molecule has 7 nitrogen and oxygen atoms in total. The number of nitrogens with zero attached hydrogens (tertiary/aromatic N) is 2. The van der Waals surface area contributed by atoms with Gasteiger partial charge in [-0.2, -0.15) is 0 Å². The van der Waals surface area contributed by atoms with E-state index < -0.39 is 0 Å². The summed E-state index contributed by atoms with van der Waals surface area (Å²) in [6.07, 6.45) is 0.196. The second-order valence-electron chi connectivity index (χ2n) is 7.07. The number of para-hydroxylation sites is 1. The fourth-order valence-corrected chi connectivity index (χ4v) is 3.07. The molecule has 0 aliphatic carbocycles. The van der Waals surface area contributed by atoms with Gasteiger partial charge >= 0.3 is 0 Å². The molecule has 0 unspecified atom stereocenters. The van der Waals surface area contributed by atoms with Crippen LogP contribution in [0.2, 0.25) is 0 Å². The van der Waals surface area contributed by atoms with Gasteiger partial charge in [-0.05, 0) is 43.4 Å². The van der Waals surface area contributed by atoms with E-state index in [1.54, 1.807) is 0 Å². The standard InChI is InChI=1S/C22H28N4O3/c1-25-12-14-26(15-13-25)19-9-7-18(8-10-19)24-22(28)17-23-21(27)11-16-29-20-5-3-2-4-6-20/h2-10H,11-17H2,1H3,(H,23,27)(H,24,28). The number of hydrogen-bond donors (Lipinski definition) is 2. The van der Waals surface area contributed by atoms with E-state index in [1.807, 2.05) is 54.6 Å². The predicted octanol–water partition coefficient (Wildman–Crippen LogP) is 1.96. The van der Waals surface area contributed by atoms with Crippen LogP contribution < -0.4 is 20.3 Å². The Labute approximate surface area is 171 Å². The maximum atomic E-state index is 12.1. The van der Waals surface area contributed by atoms with Crippen LogP contribution >= 0.6 is 0 Å². The van der Waals surface area contributed by atoms with E-state index in [0.29, 0.717) is 0 Å². The van der Waals surface area contributed by atoms with E-state index >= 15 is 0 Å². The van der Waals surface area contributed by atoms with E-state index in [4.69, 9.17) is 4.74 Å². The number of anilines is 2. The molecule has 3 rings (SSSR count). The zero-order chi connectivity index (χ0) is 20.5. The Bertz CT molecular complexity index is 787. The lowest BCUT2D eigenvalue weighted by atomic mass is 10.2. The fourth-order valence-electron chi connectivity index (χ4n) is 3.07. The first kappa shape index (κ1) is 20.7. The number of nitrogens with one attached hydrogen (secondary N) is 2. The molecule has 1 saturated heterocycles. The number of likely N-dealkylation sites (N-methyl/N-ethyl adjacent to an activating group) is 1. The molecule has 1 fully saturated rings. The van der Waals surface area contributed by atoms with E-state index in [9.17, 15) is 9.59 Å². The molecular formula is C22H28N4O3. The van der Waals surface area contributed by atoms with Crippen LogP contribution in [0.5, 0.6) is 5.75 Å². The fraction of sp³-hybridized carbons (Fsp3) is 0.364. The van der Waals surface area contributed by atoms with E-state index in [1.165, 1.54) is 0 Å². The zero-order valence-electron chi connectivity index (χ0n) is 16.8. The van der Waals surface area contributed by atoms with Crippen LogP contribution in [0, 0.1) is 0 Å². The molecule has 1 aliphatic rings. The minimum atomic E-state index is -0.255. The highest BCUT2D eigenvalue weighted by Crippen LogP contribution is 2.19. The van der Waals surface area contributed by atoms with Crippen molar-refractivity contribution in [1.82, 2.24) is 10.2 Å². The van der Waals surface area contributed by atoms with Gasteiger partial charge in [-0.1, -0.05) is 18.2 Å². The lowest BCUT2D eigenvalue weighted by molar-refractivity contribution is -0.124. The lowest BCUT2D eigenvalue weighted by Gasteiger charge is -2.34. The van der Waals surface area contributed by atoms with Gasteiger partial charge in [0.1, 0.15) is 5.75 Å². The first-order chi connectivity index (χ1) is 14.1. The summed E-state index contributed by atoms with van der Waals surface area (Å²) in [4.78, 5) is 28.6. The summed E-state index contributed by atoms with van der Waals surface area (Å²) >= 11 is 0. The molecule has 1 heterocycles. The number of carbonyl (C=O) groups is 2. The summed E-state index contributed by atoms with van der Waals surface area (Å²) in [5.41, 5.74) is 1.87. The topological polar surface area (TPSA) is 73.9 Å². The molecule has 154 valence electrons.